The number of halogens is 1. The van der Waals surface area contributed by atoms with Gasteiger partial charge in [0.1, 0.15) is 17.4 Å². The van der Waals surface area contributed by atoms with Crippen LogP contribution in [-0.2, 0) is 14.3 Å². The summed E-state index contributed by atoms with van der Waals surface area (Å²) in [5, 5.41) is 12.4. The number of nitriles is 1. The number of rotatable bonds is 7. The van der Waals surface area contributed by atoms with Gasteiger partial charge in [-0.25, -0.2) is 4.79 Å². The lowest BCUT2D eigenvalue weighted by Crippen LogP contribution is -2.31. The minimum absolute atomic E-state index is 0.211. The predicted molar refractivity (Wildman–Crippen MR) is 106 cm³/mol. The molecule has 0 aromatic heterocycles. The van der Waals surface area contributed by atoms with Gasteiger partial charge in [0, 0.05) is 5.02 Å². The summed E-state index contributed by atoms with van der Waals surface area (Å²) in [6.45, 7) is 1.26. The number of methoxy groups -OCH3 is 1. The van der Waals surface area contributed by atoms with Gasteiger partial charge in [-0.2, -0.15) is 5.26 Å². The van der Waals surface area contributed by atoms with E-state index < -0.39 is 18.5 Å². The molecule has 0 spiro atoms. The van der Waals surface area contributed by atoms with Crippen LogP contribution in [-0.4, -0.2) is 25.6 Å². The van der Waals surface area contributed by atoms with Crippen LogP contribution in [0.5, 0.6) is 5.75 Å². The second-order valence-electron chi connectivity index (χ2n) is 5.83. The molecule has 0 unspecified atom stereocenters. The first-order valence-electron chi connectivity index (χ1n) is 8.41. The molecule has 1 atom stereocenters. The lowest BCUT2D eigenvalue weighted by molar-refractivity contribution is -0.144. The Balaban J connectivity index is 1.93. The molecule has 2 rings (SSSR count). The Morgan fingerprint density at radius 2 is 1.89 bits per heavy atom. The molecule has 2 aromatic carbocycles. The van der Waals surface area contributed by atoms with Crippen molar-refractivity contribution in [3.8, 4) is 11.8 Å². The fraction of sp³-hybridized carbons (Fsp3) is 0.190. The van der Waals surface area contributed by atoms with Crippen LogP contribution in [0.25, 0.3) is 6.08 Å². The van der Waals surface area contributed by atoms with E-state index >= 15 is 0 Å². The van der Waals surface area contributed by atoms with Crippen LogP contribution >= 0.6 is 11.6 Å². The van der Waals surface area contributed by atoms with E-state index in [1.807, 2.05) is 6.07 Å². The smallest absolute Gasteiger partial charge is 0.349 e. The second kappa shape index (κ2) is 10.1. The Bertz CT molecular complexity index is 917. The first-order valence-corrected chi connectivity index (χ1v) is 8.79. The summed E-state index contributed by atoms with van der Waals surface area (Å²) in [4.78, 5) is 24.1. The molecule has 6 nitrogen and oxygen atoms in total. The molecule has 0 radical (unpaired) electrons. The highest BCUT2D eigenvalue weighted by molar-refractivity contribution is 6.31. The third kappa shape index (κ3) is 5.86. The Labute approximate surface area is 168 Å². The molecule has 0 aliphatic heterocycles. The van der Waals surface area contributed by atoms with Crippen molar-refractivity contribution in [3.63, 3.8) is 0 Å². The molecule has 0 fully saturated rings. The zero-order valence-electron chi connectivity index (χ0n) is 15.4. The van der Waals surface area contributed by atoms with Crippen LogP contribution in [0.4, 0.5) is 0 Å². The summed E-state index contributed by atoms with van der Waals surface area (Å²) < 4.78 is 10.00. The highest BCUT2D eigenvalue weighted by atomic mass is 35.5. The average Bonchev–Trinajstić information content (AvgIpc) is 2.70. The van der Waals surface area contributed by atoms with E-state index in [2.05, 4.69) is 5.32 Å². The first-order chi connectivity index (χ1) is 13.4. The first kappa shape index (κ1) is 21.0. The van der Waals surface area contributed by atoms with Crippen LogP contribution < -0.4 is 10.1 Å². The third-order valence-electron chi connectivity index (χ3n) is 3.85. The molecule has 144 valence electrons. The normalized spacial score (nSPS) is 11.9. The molecule has 0 aliphatic carbocycles. The SMILES string of the molecule is COc1ccc(/C=C(\C#N)C(=O)OCC(=O)N[C@H](C)c2ccccc2Cl)cc1. The van der Waals surface area contributed by atoms with E-state index in [0.29, 0.717) is 16.3 Å². The maximum absolute atomic E-state index is 12.1. The second-order valence-corrected chi connectivity index (χ2v) is 6.24. The Morgan fingerprint density at radius 1 is 1.21 bits per heavy atom. The van der Waals surface area contributed by atoms with Crippen molar-refractivity contribution in [2.45, 2.75) is 13.0 Å². The van der Waals surface area contributed by atoms with Gasteiger partial charge in [0.25, 0.3) is 5.91 Å². The van der Waals surface area contributed by atoms with Gasteiger partial charge in [0.2, 0.25) is 0 Å². The molecule has 0 bridgehead atoms. The van der Waals surface area contributed by atoms with E-state index in [4.69, 9.17) is 21.1 Å². The lowest BCUT2D eigenvalue weighted by atomic mass is 10.1. The number of amides is 1. The number of nitrogens with one attached hydrogen (secondary N) is 1. The summed E-state index contributed by atoms with van der Waals surface area (Å²) >= 11 is 6.10. The molecule has 28 heavy (non-hydrogen) atoms. The van der Waals surface area contributed by atoms with Gasteiger partial charge in [-0.1, -0.05) is 41.9 Å². The van der Waals surface area contributed by atoms with Gasteiger partial charge in [0.05, 0.1) is 13.2 Å². The average molecular weight is 399 g/mol. The number of benzene rings is 2. The van der Waals surface area contributed by atoms with Crippen molar-refractivity contribution in [1.82, 2.24) is 5.32 Å². The Kier molecular flexibility index (Phi) is 7.61. The third-order valence-corrected chi connectivity index (χ3v) is 4.19. The maximum Gasteiger partial charge on any atom is 0.349 e. The molecule has 0 saturated carbocycles. The molecular formula is C21H19ClN2O4. The van der Waals surface area contributed by atoms with Gasteiger partial charge in [-0.3, -0.25) is 4.79 Å². The molecule has 1 amide bonds. The van der Waals surface area contributed by atoms with Gasteiger partial charge in [-0.05, 0) is 42.3 Å². The van der Waals surface area contributed by atoms with Crippen molar-refractivity contribution in [1.29, 1.82) is 5.26 Å². The van der Waals surface area contributed by atoms with Crippen molar-refractivity contribution in [2.24, 2.45) is 0 Å². The number of hydrogen-bond acceptors (Lipinski definition) is 5. The topological polar surface area (TPSA) is 88.4 Å². The van der Waals surface area contributed by atoms with Gasteiger partial charge in [-0.15, -0.1) is 0 Å². The quantitative estimate of drug-likeness (QED) is 0.436. The molecule has 1 N–H and O–H groups in total. The molecule has 2 aromatic rings. The van der Waals surface area contributed by atoms with Crippen LogP contribution in [0.1, 0.15) is 24.1 Å². The number of carbonyl (C=O) groups excluding carboxylic acids is 2. The summed E-state index contributed by atoms with van der Waals surface area (Å²) in [6.07, 6.45) is 1.38. The van der Waals surface area contributed by atoms with Gasteiger partial charge in [0.15, 0.2) is 6.61 Å². The van der Waals surface area contributed by atoms with E-state index in [9.17, 15) is 14.9 Å². The minimum atomic E-state index is -0.876. The number of ether oxygens (including phenoxy) is 2. The van der Waals surface area contributed by atoms with E-state index in [1.54, 1.807) is 62.6 Å². The Morgan fingerprint density at radius 3 is 2.50 bits per heavy atom. The van der Waals surface area contributed by atoms with Gasteiger partial charge >= 0.3 is 5.97 Å². The van der Waals surface area contributed by atoms with Crippen LogP contribution in [0.15, 0.2) is 54.1 Å². The summed E-state index contributed by atoms with van der Waals surface area (Å²) in [5.41, 5.74) is 1.17. The largest absolute Gasteiger partial charge is 0.497 e. The van der Waals surface area contributed by atoms with E-state index in [0.717, 1.165) is 5.56 Å². The predicted octanol–water partition coefficient (Wildman–Crippen LogP) is 3.68. The molecule has 0 heterocycles. The van der Waals surface area contributed by atoms with Gasteiger partial charge < -0.3 is 14.8 Å². The minimum Gasteiger partial charge on any atom is -0.497 e. The molecule has 0 aliphatic rings. The van der Waals surface area contributed by atoms with Crippen molar-refractivity contribution in [3.05, 3.63) is 70.3 Å². The number of nitrogens with zero attached hydrogens (tertiary/aromatic N) is 1. The summed E-state index contributed by atoms with van der Waals surface area (Å²) in [6, 6.07) is 15.4. The highest BCUT2D eigenvalue weighted by Gasteiger charge is 2.16. The lowest BCUT2D eigenvalue weighted by Gasteiger charge is -2.15. The highest BCUT2D eigenvalue weighted by Crippen LogP contribution is 2.22. The van der Waals surface area contributed by atoms with Crippen LogP contribution in [0, 0.1) is 11.3 Å². The van der Waals surface area contributed by atoms with Crippen molar-refractivity contribution >= 4 is 29.6 Å². The van der Waals surface area contributed by atoms with Crippen molar-refractivity contribution < 1.29 is 19.1 Å². The van der Waals surface area contributed by atoms with Crippen LogP contribution in [0.3, 0.4) is 0 Å². The Hall–Kier alpha value is -3.30. The molecule has 7 heteroatoms. The fourth-order valence-corrected chi connectivity index (χ4v) is 2.70. The van der Waals surface area contributed by atoms with Crippen molar-refractivity contribution in [2.75, 3.05) is 13.7 Å². The number of carbonyl (C=O) groups is 2. The summed E-state index contributed by atoms with van der Waals surface area (Å²) in [5.74, 6) is -0.719. The van der Waals surface area contributed by atoms with E-state index in [1.165, 1.54) is 6.08 Å². The molecular weight excluding hydrogens is 380 g/mol. The fourth-order valence-electron chi connectivity index (χ4n) is 2.40. The summed E-state index contributed by atoms with van der Waals surface area (Å²) in [7, 11) is 1.54. The van der Waals surface area contributed by atoms with E-state index in [-0.39, 0.29) is 11.6 Å². The maximum atomic E-state index is 12.1. The number of esters is 1. The zero-order valence-corrected chi connectivity index (χ0v) is 16.2. The number of hydrogen-bond donors (Lipinski definition) is 1. The zero-order chi connectivity index (χ0) is 20.5. The van der Waals surface area contributed by atoms with Crippen LogP contribution in [0.2, 0.25) is 5.02 Å². The standard InChI is InChI=1S/C21H19ClN2O4/c1-14(18-5-3-4-6-19(18)22)24-20(25)13-28-21(26)16(12-23)11-15-7-9-17(27-2)10-8-15/h3-11,14H,13H2,1-2H3,(H,24,25)/b16-11+/t14-/m1/s1. The monoisotopic (exact) mass is 398 g/mol. The molecule has 0 saturated heterocycles.